The van der Waals surface area contributed by atoms with Gasteiger partial charge in [0.1, 0.15) is 0 Å². The molecule has 0 aromatic heterocycles. The van der Waals surface area contributed by atoms with Crippen molar-refractivity contribution in [2.45, 2.75) is 116 Å². The number of rotatable bonds is 18. The van der Waals surface area contributed by atoms with E-state index in [4.69, 9.17) is 4.74 Å². The maximum Gasteiger partial charge on any atom is 0.305 e. The van der Waals surface area contributed by atoms with Crippen LogP contribution in [0.15, 0.2) is 0 Å². The Bertz CT molecular complexity index is 266. The Labute approximate surface area is 150 Å². The summed E-state index contributed by atoms with van der Waals surface area (Å²) in [4.78, 5) is 11.0. The van der Waals surface area contributed by atoms with Crippen LogP contribution in [-0.4, -0.2) is 26.3 Å². The van der Waals surface area contributed by atoms with Crippen molar-refractivity contribution in [2.24, 2.45) is 0 Å². The van der Waals surface area contributed by atoms with Gasteiger partial charge in [-0.15, -0.1) is 0 Å². The summed E-state index contributed by atoms with van der Waals surface area (Å²) in [5.74, 6) is -0.0778. The number of esters is 1. The maximum absolute atomic E-state index is 11.0. The average Bonchev–Trinajstić information content (AvgIpc) is 2.60. The largest absolute Gasteiger partial charge is 0.469 e. The first kappa shape index (κ1) is 23.4. The van der Waals surface area contributed by atoms with Gasteiger partial charge in [0.15, 0.2) is 0 Å². The summed E-state index contributed by atoms with van der Waals surface area (Å²) in [7, 11) is 3.32. The molecule has 0 amide bonds. The molecule has 0 aromatic carbocycles. The molecule has 1 atom stereocenters. The highest BCUT2D eigenvalue weighted by atomic mass is 16.5. The minimum atomic E-state index is -0.0778. The van der Waals surface area contributed by atoms with Crippen molar-refractivity contribution in [3.8, 4) is 0 Å². The fourth-order valence-electron chi connectivity index (χ4n) is 3.16. The molecule has 0 aromatic rings. The van der Waals surface area contributed by atoms with Gasteiger partial charge in [0, 0.05) is 13.5 Å². The zero-order valence-corrected chi connectivity index (χ0v) is 16.6. The second-order valence-corrected chi connectivity index (χ2v) is 7.00. The molecule has 0 N–H and O–H groups in total. The quantitative estimate of drug-likeness (QED) is 0.212. The minimum absolute atomic E-state index is 0.0778. The van der Waals surface area contributed by atoms with Crippen molar-refractivity contribution in [3.63, 3.8) is 0 Å². The molecule has 3 heteroatoms. The van der Waals surface area contributed by atoms with Gasteiger partial charge in [-0.05, 0) is 19.3 Å². The Morgan fingerprint density at radius 2 is 1.17 bits per heavy atom. The predicted octanol–water partition coefficient (Wildman–Crippen LogP) is 6.44. The Balaban J connectivity index is 3.33. The third-order valence-electron chi connectivity index (χ3n) is 4.85. The zero-order chi connectivity index (χ0) is 17.9. The van der Waals surface area contributed by atoms with Gasteiger partial charge in [-0.2, -0.15) is 0 Å². The van der Waals surface area contributed by atoms with Gasteiger partial charge in [-0.3, -0.25) is 4.79 Å². The number of hydrogen-bond donors (Lipinski definition) is 0. The molecule has 0 aliphatic rings. The molecule has 0 spiro atoms. The fourth-order valence-corrected chi connectivity index (χ4v) is 3.16. The summed E-state index contributed by atoms with van der Waals surface area (Å²) in [5, 5.41) is 0. The standard InChI is InChI=1S/C21H42O3/c1-4-5-6-7-11-14-17-20(23-2)18-15-12-9-8-10-13-16-19-21(22)24-3/h20H,4-19H2,1-3H3. The lowest BCUT2D eigenvalue weighted by Crippen LogP contribution is -2.10. The van der Waals surface area contributed by atoms with Crippen LogP contribution in [0.25, 0.3) is 0 Å². The van der Waals surface area contributed by atoms with Gasteiger partial charge >= 0.3 is 5.97 Å². The van der Waals surface area contributed by atoms with E-state index in [-0.39, 0.29) is 5.97 Å². The molecule has 0 aliphatic carbocycles. The van der Waals surface area contributed by atoms with Crippen molar-refractivity contribution in [2.75, 3.05) is 14.2 Å². The van der Waals surface area contributed by atoms with Gasteiger partial charge in [0.25, 0.3) is 0 Å². The molecule has 144 valence electrons. The van der Waals surface area contributed by atoms with Crippen LogP contribution in [0.4, 0.5) is 0 Å². The smallest absolute Gasteiger partial charge is 0.305 e. The molecule has 0 heterocycles. The highest BCUT2D eigenvalue weighted by Gasteiger charge is 2.06. The van der Waals surface area contributed by atoms with Crippen molar-refractivity contribution < 1.29 is 14.3 Å². The van der Waals surface area contributed by atoms with Crippen LogP contribution in [0.2, 0.25) is 0 Å². The SMILES string of the molecule is CCCCCCCCC(CCCCCCCCCC(=O)OC)OC. The summed E-state index contributed by atoms with van der Waals surface area (Å²) in [6.07, 6.45) is 20.2. The minimum Gasteiger partial charge on any atom is -0.469 e. The lowest BCUT2D eigenvalue weighted by molar-refractivity contribution is -0.140. The maximum atomic E-state index is 11.0. The van der Waals surface area contributed by atoms with Crippen LogP contribution in [0.5, 0.6) is 0 Å². The van der Waals surface area contributed by atoms with Gasteiger partial charge in [0.2, 0.25) is 0 Å². The van der Waals surface area contributed by atoms with E-state index >= 15 is 0 Å². The van der Waals surface area contributed by atoms with E-state index in [0.29, 0.717) is 12.5 Å². The third kappa shape index (κ3) is 16.3. The van der Waals surface area contributed by atoms with E-state index in [1.165, 1.54) is 90.6 Å². The van der Waals surface area contributed by atoms with Crippen molar-refractivity contribution in [1.29, 1.82) is 0 Å². The normalized spacial score (nSPS) is 12.3. The van der Waals surface area contributed by atoms with Crippen LogP contribution >= 0.6 is 0 Å². The molecule has 24 heavy (non-hydrogen) atoms. The lowest BCUT2D eigenvalue weighted by atomic mass is 10.0. The Morgan fingerprint density at radius 1 is 0.708 bits per heavy atom. The zero-order valence-electron chi connectivity index (χ0n) is 16.6. The summed E-state index contributed by atoms with van der Waals surface area (Å²) in [6, 6.07) is 0. The monoisotopic (exact) mass is 342 g/mol. The summed E-state index contributed by atoms with van der Waals surface area (Å²) < 4.78 is 10.3. The van der Waals surface area contributed by atoms with Gasteiger partial charge in [-0.1, -0.05) is 84.0 Å². The number of carbonyl (C=O) groups excluding carboxylic acids is 1. The summed E-state index contributed by atoms with van der Waals surface area (Å²) >= 11 is 0. The van der Waals surface area contributed by atoms with Gasteiger partial charge in [-0.25, -0.2) is 0 Å². The predicted molar refractivity (Wildman–Crippen MR) is 102 cm³/mol. The second kappa shape index (κ2) is 18.8. The number of carbonyl (C=O) groups is 1. The van der Waals surface area contributed by atoms with Gasteiger partial charge < -0.3 is 9.47 Å². The Morgan fingerprint density at radius 3 is 1.62 bits per heavy atom. The van der Waals surface area contributed by atoms with Gasteiger partial charge in [0.05, 0.1) is 13.2 Å². The highest BCUT2D eigenvalue weighted by molar-refractivity contribution is 5.68. The molecule has 0 radical (unpaired) electrons. The van der Waals surface area contributed by atoms with Crippen molar-refractivity contribution in [1.82, 2.24) is 0 Å². The summed E-state index contributed by atoms with van der Waals surface area (Å²) in [5.41, 5.74) is 0. The second-order valence-electron chi connectivity index (χ2n) is 7.00. The Hall–Kier alpha value is -0.570. The topological polar surface area (TPSA) is 35.5 Å². The fraction of sp³-hybridized carbons (Fsp3) is 0.952. The molecule has 0 rings (SSSR count). The van der Waals surface area contributed by atoms with E-state index in [2.05, 4.69) is 11.7 Å². The Kier molecular flexibility index (Phi) is 18.3. The van der Waals surface area contributed by atoms with E-state index in [9.17, 15) is 4.79 Å². The number of methoxy groups -OCH3 is 2. The average molecular weight is 343 g/mol. The lowest BCUT2D eigenvalue weighted by Gasteiger charge is -2.15. The molecule has 3 nitrogen and oxygen atoms in total. The molecular weight excluding hydrogens is 300 g/mol. The van der Waals surface area contributed by atoms with Crippen LogP contribution in [-0.2, 0) is 14.3 Å². The number of unbranched alkanes of at least 4 members (excludes halogenated alkanes) is 11. The van der Waals surface area contributed by atoms with E-state index < -0.39 is 0 Å². The van der Waals surface area contributed by atoms with Crippen LogP contribution < -0.4 is 0 Å². The van der Waals surface area contributed by atoms with Crippen molar-refractivity contribution in [3.05, 3.63) is 0 Å². The van der Waals surface area contributed by atoms with Crippen LogP contribution in [0.1, 0.15) is 110 Å². The molecule has 1 unspecified atom stereocenters. The molecule has 0 fully saturated rings. The first-order valence-electron chi connectivity index (χ1n) is 10.3. The molecule has 0 aliphatic heterocycles. The van der Waals surface area contributed by atoms with Crippen molar-refractivity contribution >= 4 is 5.97 Å². The molecular formula is C21H42O3. The van der Waals surface area contributed by atoms with Crippen LogP contribution in [0, 0.1) is 0 Å². The number of hydrogen-bond acceptors (Lipinski definition) is 3. The third-order valence-corrected chi connectivity index (χ3v) is 4.85. The molecule has 0 saturated carbocycles. The first-order valence-corrected chi connectivity index (χ1v) is 10.3. The molecule has 0 saturated heterocycles. The highest BCUT2D eigenvalue weighted by Crippen LogP contribution is 2.16. The van der Waals surface area contributed by atoms with E-state index in [1.54, 1.807) is 0 Å². The molecule has 0 bridgehead atoms. The van der Waals surface area contributed by atoms with E-state index in [0.717, 1.165) is 12.8 Å². The van der Waals surface area contributed by atoms with Crippen LogP contribution in [0.3, 0.4) is 0 Å². The van der Waals surface area contributed by atoms with E-state index in [1.807, 2.05) is 7.11 Å². The first-order chi connectivity index (χ1) is 11.7. The number of ether oxygens (including phenoxy) is 2. The summed E-state index contributed by atoms with van der Waals surface area (Å²) in [6.45, 7) is 2.27.